The van der Waals surface area contributed by atoms with Crippen molar-refractivity contribution in [1.82, 2.24) is 9.80 Å². The van der Waals surface area contributed by atoms with Crippen LogP contribution in [0, 0.1) is 12.8 Å². The Balaban J connectivity index is 1.73. The minimum Gasteiger partial charge on any atom is -0.492 e. The number of ether oxygens (including phenoxy) is 2. The summed E-state index contributed by atoms with van der Waals surface area (Å²) in [5.41, 5.74) is 0.648. The van der Waals surface area contributed by atoms with Gasteiger partial charge in [0.15, 0.2) is 0 Å². The Bertz CT molecular complexity index is 646. The summed E-state index contributed by atoms with van der Waals surface area (Å²) in [6, 6.07) is 7.87. The molecule has 0 aliphatic carbocycles. The number of hydrogen-bond donors (Lipinski definition) is 0. The van der Waals surface area contributed by atoms with Crippen molar-refractivity contribution < 1.29 is 19.1 Å². The largest absolute Gasteiger partial charge is 0.492 e. The molecule has 0 bridgehead atoms. The minimum atomic E-state index is -0.499. The van der Waals surface area contributed by atoms with Gasteiger partial charge in [-0.25, -0.2) is 4.79 Å². The fraction of sp³-hybridized carbons (Fsp3) is 0.619. The first-order valence-electron chi connectivity index (χ1n) is 9.58. The van der Waals surface area contributed by atoms with Crippen LogP contribution in [0.3, 0.4) is 0 Å². The fourth-order valence-corrected chi connectivity index (χ4v) is 3.06. The molecule has 1 aromatic rings. The highest BCUT2D eigenvalue weighted by Crippen LogP contribution is 2.21. The third-order valence-electron chi connectivity index (χ3n) is 4.56. The molecule has 0 spiro atoms. The number of benzene rings is 1. The van der Waals surface area contributed by atoms with Gasteiger partial charge in [-0.3, -0.25) is 4.79 Å². The molecule has 2 rings (SSSR count). The zero-order valence-electron chi connectivity index (χ0n) is 17.2. The summed E-state index contributed by atoms with van der Waals surface area (Å²) >= 11 is 0. The number of likely N-dealkylation sites (N-methyl/N-ethyl adjacent to an activating group) is 1. The average Bonchev–Trinajstić information content (AvgIpc) is 2.60. The Morgan fingerprint density at radius 1 is 1.22 bits per heavy atom. The number of hydrogen-bond acceptors (Lipinski definition) is 4. The second-order valence-electron chi connectivity index (χ2n) is 8.17. The summed E-state index contributed by atoms with van der Waals surface area (Å²) in [6.45, 7) is 9.70. The van der Waals surface area contributed by atoms with Crippen molar-refractivity contribution in [3.63, 3.8) is 0 Å². The molecule has 6 nitrogen and oxygen atoms in total. The second-order valence-corrected chi connectivity index (χ2v) is 8.17. The van der Waals surface area contributed by atoms with Crippen molar-refractivity contribution in [2.24, 2.45) is 5.92 Å². The van der Waals surface area contributed by atoms with Gasteiger partial charge in [-0.05, 0) is 58.2 Å². The maximum atomic E-state index is 12.6. The molecule has 2 amide bonds. The Kier molecular flexibility index (Phi) is 7.11. The molecule has 1 fully saturated rings. The van der Waals surface area contributed by atoms with Crippen molar-refractivity contribution in [3.8, 4) is 5.75 Å². The zero-order chi connectivity index (χ0) is 20.0. The molecule has 0 saturated carbocycles. The molecule has 150 valence electrons. The molecule has 1 saturated heterocycles. The number of nitrogens with zero attached hydrogens (tertiary/aromatic N) is 2. The van der Waals surface area contributed by atoms with E-state index in [0.29, 0.717) is 39.1 Å². The Morgan fingerprint density at radius 2 is 1.89 bits per heavy atom. The van der Waals surface area contributed by atoms with E-state index in [0.717, 1.165) is 11.3 Å². The van der Waals surface area contributed by atoms with Gasteiger partial charge < -0.3 is 19.3 Å². The average molecular weight is 376 g/mol. The molecule has 1 aliphatic rings. The van der Waals surface area contributed by atoms with Gasteiger partial charge in [0, 0.05) is 26.1 Å². The molecule has 1 aromatic carbocycles. The molecule has 1 heterocycles. The third kappa shape index (κ3) is 6.77. The van der Waals surface area contributed by atoms with E-state index >= 15 is 0 Å². The summed E-state index contributed by atoms with van der Waals surface area (Å²) in [6.07, 6.45) is 1.04. The van der Waals surface area contributed by atoms with E-state index < -0.39 is 5.60 Å². The van der Waals surface area contributed by atoms with Crippen LogP contribution in [0.15, 0.2) is 24.3 Å². The van der Waals surface area contributed by atoms with Crippen LogP contribution in [0.5, 0.6) is 5.75 Å². The van der Waals surface area contributed by atoms with Crippen LogP contribution < -0.4 is 4.74 Å². The van der Waals surface area contributed by atoms with Gasteiger partial charge in [0.05, 0.1) is 6.54 Å². The van der Waals surface area contributed by atoms with Crippen LogP contribution in [-0.4, -0.2) is 60.7 Å². The van der Waals surface area contributed by atoms with Gasteiger partial charge in [-0.1, -0.05) is 12.1 Å². The molecule has 0 radical (unpaired) electrons. The summed E-state index contributed by atoms with van der Waals surface area (Å²) in [4.78, 5) is 28.2. The summed E-state index contributed by atoms with van der Waals surface area (Å²) in [5.74, 6) is 0.890. The molecular formula is C21H32N2O4. The number of aryl methyl sites for hydroxylation is 1. The lowest BCUT2D eigenvalue weighted by atomic mass is 9.95. The maximum Gasteiger partial charge on any atom is 0.410 e. The van der Waals surface area contributed by atoms with Crippen molar-refractivity contribution in [2.45, 2.75) is 46.1 Å². The van der Waals surface area contributed by atoms with Crippen molar-refractivity contribution in [1.29, 1.82) is 0 Å². The molecule has 1 aliphatic heterocycles. The summed E-state index contributed by atoms with van der Waals surface area (Å²) in [5, 5.41) is 0. The smallest absolute Gasteiger partial charge is 0.410 e. The number of likely N-dealkylation sites (tertiary alicyclic amines) is 1. The van der Waals surface area contributed by atoms with Gasteiger partial charge in [0.1, 0.15) is 18.0 Å². The molecule has 0 aromatic heterocycles. The van der Waals surface area contributed by atoms with Gasteiger partial charge in [0.2, 0.25) is 5.91 Å². The molecule has 0 N–H and O–H groups in total. The van der Waals surface area contributed by atoms with Crippen LogP contribution in [0.4, 0.5) is 4.79 Å². The normalized spacial score (nSPS) is 15.4. The molecule has 6 heteroatoms. The number of carbonyl (C=O) groups excluding carboxylic acids is 2. The third-order valence-corrected chi connectivity index (χ3v) is 4.56. The maximum absolute atomic E-state index is 12.6. The summed E-state index contributed by atoms with van der Waals surface area (Å²) < 4.78 is 11.1. The van der Waals surface area contributed by atoms with Crippen LogP contribution in [-0.2, 0) is 9.53 Å². The number of amides is 2. The van der Waals surface area contributed by atoms with Crippen molar-refractivity contribution >= 4 is 12.0 Å². The Morgan fingerprint density at radius 3 is 2.48 bits per heavy atom. The van der Waals surface area contributed by atoms with Crippen molar-refractivity contribution in [3.05, 3.63) is 29.8 Å². The summed E-state index contributed by atoms with van der Waals surface area (Å²) in [7, 11) is 1.81. The first-order chi connectivity index (χ1) is 12.7. The van der Waals surface area contributed by atoms with Crippen LogP contribution >= 0.6 is 0 Å². The van der Waals surface area contributed by atoms with E-state index in [1.54, 1.807) is 9.80 Å². The highest BCUT2D eigenvalue weighted by Gasteiger charge is 2.31. The van der Waals surface area contributed by atoms with Gasteiger partial charge in [0.25, 0.3) is 0 Å². The second kappa shape index (κ2) is 9.11. The van der Waals surface area contributed by atoms with Gasteiger partial charge in [-0.15, -0.1) is 0 Å². The molecule has 0 atom stereocenters. The molecule has 0 unspecified atom stereocenters. The van der Waals surface area contributed by atoms with E-state index in [9.17, 15) is 9.59 Å². The molecular weight excluding hydrogens is 344 g/mol. The van der Waals surface area contributed by atoms with Gasteiger partial charge >= 0.3 is 6.09 Å². The van der Waals surface area contributed by atoms with E-state index in [4.69, 9.17) is 9.47 Å². The highest BCUT2D eigenvalue weighted by atomic mass is 16.6. The van der Waals surface area contributed by atoms with Crippen LogP contribution in [0.25, 0.3) is 0 Å². The lowest BCUT2D eigenvalue weighted by Crippen LogP contribution is -2.45. The lowest BCUT2D eigenvalue weighted by Gasteiger charge is -2.34. The first kappa shape index (κ1) is 21.1. The number of piperidine rings is 1. The monoisotopic (exact) mass is 376 g/mol. The fourth-order valence-electron chi connectivity index (χ4n) is 3.06. The Hall–Kier alpha value is -2.24. The number of carbonyl (C=O) groups is 2. The van der Waals surface area contributed by atoms with Crippen molar-refractivity contribution in [2.75, 3.05) is 33.3 Å². The van der Waals surface area contributed by atoms with E-state index in [1.807, 2.05) is 59.0 Å². The first-order valence-corrected chi connectivity index (χ1v) is 9.58. The minimum absolute atomic E-state index is 0.0485. The highest BCUT2D eigenvalue weighted by molar-refractivity contribution is 5.79. The predicted molar refractivity (Wildman–Crippen MR) is 105 cm³/mol. The SMILES string of the molecule is Cc1cccc(OCCN(C)C(=O)C2CCN(C(=O)OC(C)(C)C)CC2)c1. The zero-order valence-corrected chi connectivity index (χ0v) is 17.2. The van der Waals surface area contributed by atoms with Crippen LogP contribution in [0.2, 0.25) is 0 Å². The van der Waals surface area contributed by atoms with Crippen LogP contribution in [0.1, 0.15) is 39.2 Å². The topological polar surface area (TPSA) is 59.1 Å². The Labute approximate surface area is 162 Å². The van der Waals surface area contributed by atoms with E-state index in [2.05, 4.69) is 0 Å². The van der Waals surface area contributed by atoms with E-state index in [1.165, 1.54) is 0 Å². The quantitative estimate of drug-likeness (QED) is 0.789. The standard InChI is InChI=1S/C21H32N2O4/c1-16-7-6-8-18(15-16)26-14-13-22(5)19(24)17-9-11-23(12-10-17)20(25)27-21(2,3)4/h6-8,15,17H,9-14H2,1-5H3. The number of rotatable bonds is 5. The lowest BCUT2D eigenvalue weighted by molar-refractivity contribution is -0.136. The van der Waals surface area contributed by atoms with E-state index in [-0.39, 0.29) is 17.9 Å². The van der Waals surface area contributed by atoms with Gasteiger partial charge in [-0.2, -0.15) is 0 Å². The molecule has 27 heavy (non-hydrogen) atoms. The predicted octanol–water partition coefficient (Wildman–Crippen LogP) is 3.48.